The molecule has 0 spiro atoms. The lowest BCUT2D eigenvalue weighted by molar-refractivity contribution is -0.121. The maximum Gasteiger partial charge on any atom is 0.271 e. The predicted octanol–water partition coefficient (Wildman–Crippen LogP) is 0.0363. The molecule has 21 heavy (non-hydrogen) atoms. The maximum absolute atomic E-state index is 12.0. The van der Waals surface area contributed by atoms with Crippen molar-refractivity contribution in [2.45, 2.75) is 26.3 Å². The van der Waals surface area contributed by atoms with E-state index in [1.165, 1.54) is 6.20 Å². The number of pyridine rings is 1. The van der Waals surface area contributed by atoms with Gasteiger partial charge in [0.2, 0.25) is 5.91 Å². The summed E-state index contributed by atoms with van der Waals surface area (Å²) in [4.78, 5) is 27.5. The minimum atomic E-state index is -0.353. The molecule has 112 valence electrons. The van der Waals surface area contributed by atoms with Crippen LogP contribution in [0.4, 0.5) is 0 Å². The van der Waals surface area contributed by atoms with E-state index in [1.54, 1.807) is 12.1 Å². The van der Waals surface area contributed by atoms with E-state index in [0.29, 0.717) is 5.56 Å². The lowest BCUT2D eigenvalue weighted by Gasteiger charge is -2.09. The van der Waals surface area contributed by atoms with Crippen LogP contribution in [-0.2, 0) is 4.79 Å². The predicted molar refractivity (Wildman–Crippen MR) is 80.4 cm³/mol. The van der Waals surface area contributed by atoms with E-state index in [2.05, 4.69) is 27.5 Å². The Labute approximate surface area is 124 Å². The summed E-state index contributed by atoms with van der Waals surface area (Å²) in [6, 6.07) is 3.49. The van der Waals surface area contributed by atoms with Crippen LogP contribution < -0.4 is 16.4 Å². The molecule has 0 aliphatic carbocycles. The third kappa shape index (κ3) is 6.06. The zero-order chi connectivity index (χ0) is 15.7. The summed E-state index contributed by atoms with van der Waals surface area (Å²) in [5.74, 6) is 5.04. The second kappa shape index (κ2) is 8.72. The molecule has 0 radical (unpaired) electrons. The summed E-state index contributed by atoms with van der Waals surface area (Å²) < 4.78 is 0. The van der Waals surface area contributed by atoms with Gasteiger partial charge in [0.15, 0.2) is 0 Å². The van der Waals surface area contributed by atoms with Crippen LogP contribution in [0, 0.1) is 11.8 Å². The second-order valence-corrected chi connectivity index (χ2v) is 4.63. The van der Waals surface area contributed by atoms with E-state index in [1.807, 2.05) is 13.8 Å². The highest BCUT2D eigenvalue weighted by atomic mass is 16.2. The van der Waals surface area contributed by atoms with Crippen molar-refractivity contribution in [3.8, 4) is 11.8 Å². The largest absolute Gasteiger partial charge is 0.354 e. The highest BCUT2D eigenvalue weighted by Crippen LogP contribution is 2.03. The average molecular weight is 288 g/mol. The molecule has 6 nitrogen and oxygen atoms in total. The Kier molecular flexibility index (Phi) is 6.92. The molecule has 1 heterocycles. The number of nitrogens with one attached hydrogen (secondary N) is 2. The van der Waals surface area contributed by atoms with Crippen molar-refractivity contribution in [2.24, 2.45) is 5.73 Å². The topological polar surface area (TPSA) is 97.1 Å². The first-order valence-electron chi connectivity index (χ1n) is 6.76. The minimum absolute atomic E-state index is 0.0853. The molecule has 0 unspecified atom stereocenters. The zero-order valence-corrected chi connectivity index (χ0v) is 12.3. The van der Waals surface area contributed by atoms with Crippen molar-refractivity contribution in [3.05, 3.63) is 29.6 Å². The molecule has 1 aromatic rings. The van der Waals surface area contributed by atoms with Crippen molar-refractivity contribution in [2.75, 3.05) is 13.1 Å². The number of carbonyl (C=O) groups is 2. The maximum atomic E-state index is 12.0. The van der Waals surface area contributed by atoms with Crippen molar-refractivity contribution in [1.29, 1.82) is 0 Å². The highest BCUT2D eigenvalue weighted by Gasteiger charge is 2.11. The van der Waals surface area contributed by atoms with E-state index in [4.69, 9.17) is 5.73 Å². The number of hydrogen-bond donors (Lipinski definition) is 3. The van der Waals surface area contributed by atoms with Gasteiger partial charge in [0.1, 0.15) is 5.69 Å². The van der Waals surface area contributed by atoms with Crippen LogP contribution in [0.5, 0.6) is 0 Å². The van der Waals surface area contributed by atoms with Crippen LogP contribution in [0.2, 0.25) is 0 Å². The van der Waals surface area contributed by atoms with Gasteiger partial charge in [-0.25, -0.2) is 4.98 Å². The molecule has 6 heteroatoms. The van der Waals surface area contributed by atoms with Gasteiger partial charge in [0.05, 0.1) is 12.1 Å². The van der Waals surface area contributed by atoms with Crippen LogP contribution in [0.25, 0.3) is 0 Å². The summed E-state index contributed by atoms with van der Waals surface area (Å²) in [7, 11) is 0. The molecule has 0 aliphatic heterocycles. The van der Waals surface area contributed by atoms with Gasteiger partial charge in [-0.05, 0) is 26.0 Å². The summed E-state index contributed by atoms with van der Waals surface area (Å²) in [5, 5.41) is 5.41. The quantitative estimate of drug-likeness (QED) is 0.666. The molecule has 0 bridgehead atoms. The van der Waals surface area contributed by atoms with Gasteiger partial charge in [0.25, 0.3) is 5.91 Å². The number of nitrogens with zero attached hydrogens (tertiary/aromatic N) is 1. The first kappa shape index (κ1) is 16.7. The molecule has 0 aliphatic rings. The summed E-state index contributed by atoms with van der Waals surface area (Å²) in [6.45, 7) is 4.22. The van der Waals surface area contributed by atoms with Crippen molar-refractivity contribution in [1.82, 2.24) is 15.6 Å². The van der Waals surface area contributed by atoms with E-state index >= 15 is 0 Å². The number of aromatic nitrogens is 1. The van der Waals surface area contributed by atoms with Crippen molar-refractivity contribution in [3.63, 3.8) is 0 Å². The lowest BCUT2D eigenvalue weighted by Crippen LogP contribution is -2.34. The van der Waals surface area contributed by atoms with Crippen LogP contribution in [-0.4, -0.2) is 35.9 Å². The minimum Gasteiger partial charge on any atom is -0.354 e. The van der Waals surface area contributed by atoms with Crippen molar-refractivity contribution < 1.29 is 9.59 Å². The molecule has 0 atom stereocenters. The zero-order valence-electron chi connectivity index (χ0n) is 12.3. The third-order valence-electron chi connectivity index (χ3n) is 2.44. The van der Waals surface area contributed by atoms with Crippen LogP contribution in [0.1, 0.15) is 36.3 Å². The monoisotopic (exact) mass is 288 g/mol. The molecule has 0 saturated carbocycles. The highest BCUT2D eigenvalue weighted by molar-refractivity contribution is 5.95. The Morgan fingerprint density at radius 1 is 1.43 bits per heavy atom. The van der Waals surface area contributed by atoms with Gasteiger partial charge in [-0.15, -0.1) is 0 Å². The summed E-state index contributed by atoms with van der Waals surface area (Å²) in [6.07, 6.45) is 1.74. The van der Waals surface area contributed by atoms with E-state index < -0.39 is 0 Å². The molecular formula is C15H20N4O2. The Bertz CT molecular complexity index is 558. The first-order valence-corrected chi connectivity index (χ1v) is 6.76. The molecule has 0 saturated heterocycles. The van der Waals surface area contributed by atoms with Gasteiger partial charge in [-0.2, -0.15) is 0 Å². The van der Waals surface area contributed by atoms with Crippen LogP contribution >= 0.6 is 0 Å². The Morgan fingerprint density at radius 3 is 2.86 bits per heavy atom. The van der Waals surface area contributed by atoms with Crippen molar-refractivity contribution >= 4 is 11.8 Å². The third-order valence-corrected chi connectivity index (χ3v) is 2.44. The molecule has 1 aromatic heterocycles. The van der Waals surface area contributed by atoms with Crippen LogP contribution in [0.15, 0.2) is 18.3 Å². The first-order chi connectivity index (χ1) is 10.0. The van der Waals surface area contributed by atoms with Crippen LogP contribution in [0.3, 0.4) is 0 Å². The number of amides is 2. The van der Waals surface area contributed by atoms with Gasteiger partial charge in [-0.1, -0.05) is 11.8 Å². The normalized spacial score (nSPS) is 9.71. The number of rotatable bonds is 5. The number of hydrogen-bond acceptors (Lipinski definition) is 4. The fourth-order valence-electron chi connectivity index (χ4n) is 1.60. The molecule has 4 N–H and O–H groups in total. The van der Waals surface area contributed by atoms with E-state index in [9.17, 15) is 9.59 Å². The molecule has 1 rings (SSSR count). The number of nitrogens with two attached hydrogens (primary N) is 1. The van der Waals surface area contributed by atoms with Gasteiger partial charge < -0.3 is 16.4 Å². The summed E-state index contributed by atoms with van der Waals surface area (Å²) >= 11 is 0. The fraction of sp³-hybridized carbons (Fsp3) is 0.400. The van der Waals surface area contributed by atoms with Gasteiger partial charge in [-0.3, -0.25) is 9.59 Å². The van der Waals surface area contributed by atoms with Gasteiger partial charge in [0, 0.05) is 25.2 Å². The Balaban J connectivity index is 2.58. The van der Waals surface area contributed by atoms with Gasteiger partial charge >= 0.3 is 0 Å². The van der Waals surface area contributed by atoms with E-state index in [-0.39, 0.29) is 43.1 Å². The molecular weight excluding hydrogens is 268 g/mol. The fourth-order valence-corrected chi connectivity index (χ4v) is 1.60. The molecule has 2 amide bonds. The lowest BCUT2D eigenvalue weighted by atomic mass is 10.2. The standard InChI is InChI=1S/C15H20N4O2/c1-11(2)19-13(20)7-10-18-15(21)14-12(5-3-8-16)6-4-9-17-14/h4,6,9,11H,7-8,10,16H2,1-2H3,(H,18,21)(H,19,20). The van der Waals surface area contributed by atoms with E-state index in [0.717, 1.165) is 0 Å². The average Bonchev–Trinajstić information content (AvgIpc) is 2.44. The smallest absolute Gasteiger partial charge is 0.271 e. The molecule has 0 aromatic carbocycles. The Hall–Kier alpha value is -2.39. The number of carbonyl (C=O) groups excluding carboxylic acids is 2. The molecule has 0 fully saturated rings. The summed E-state index contributed by atoms with van der Waals surface area (Å²) in [5.41, 5.74) is 6.08. The SMILES string of the molecule is CC(C)NC(=O)CCNC(=O)c1ncccc1C#CCN. The second-order valence-electron chi connectivity index (χ2n) is 4.63. The Morgan fingerprint density at radius 2 is 2.19 bits per heavy atom.